The topological polar surface area (TPSA) is 102 Å². The van der Waals surface area contributed by atoms with Crippen LogP contribution in [-0.4, -0.2) is 44.9 Å². The number of ether oxygens (including phenoxy) is 1. The van der Waals surface area contributed by atoms with Crippen molar-refractivity contribution in [1.82, 2.24) is 20.2 Å². The molecule has 3 aromatic carbocycles. The van der Waals surface area contributed by atoms with Crippen LogP contribution in [0.3, 0.4) is 0 Å². The number of methoxy groups -OCH3 is 1. The van der Waals surface area contributed by atoms with E-state index in [1.54, 1.807) is 25.3 Å². The summed E-state index contributed by atoms with van der Waals surface area (Å²) in [5.74, 6) is 1.22. The number of benzene rings is 3. The molecule has 0 radical (unpaired) electrons. The van der Waals surface area contributed by atoms with Crippen molar-refractivity contribution >= 4 is 39.8 Å². The predicted molar refractivity (Wildman–Crippen MR) is 154 cm³/mol. The molecule has 4 rings (SSSR count). The fourth-order valence-corrected chi connectivity index (χ4v) is 4.72. The Morgan fingerprint density at radius 2 is 1.82 bits per heavy atom. The second kappa shape index (κ2) is 11.8. The lowest BCUT2D eigenvalue weighted by molar-refractivity contribution is -0.118. The molecule has 1 aromatic heterocycles. The highest BCUT2D eigenvalue weighted by molar-refractivity contribution is 9.10. The van der Waals surface area contributed by atoms with E-state index in [4.69, 9.17) is 4.74 Å². The van der Waals surface area contributed by atoms with Gasteiger partial charge in [-0.1, -0.05) is 72.7 Å². The van der Waals surface area contributed by atoms with Crippen LogP contribution in [0.4, 0.5) is 0 Å². The zero-order chi connectivity index (χ0) is 27.3. The Morgan fingerprint density at radius 1 is 1.11 bits per heavy atom. The Kier molecular flexibility index (Phi) is 8.53. The van der Waals surface area contributed by atoms with Crippen LogP contribution in [0.5, 0.6) is 11.5 Å². The largest absolute Gasteiger partial charge is 0.507 e. The van der Waals surface area contributed by atoms with Gasteiger partial charge < -0.3 is 9.84 Å². The smallest absolute Gasteiger partial charge is 0.250 e. The van der Waals surface area contributed by atoms with Crippen LogP contribution in [0.2, 0.25) is 0 Å². The molecular weight excluding hydrogens is 566 g/mol. The number of phenols is 1. The Bertz CT molecular complexity index is 1450. The summed E-state index contributed by atoms with van der Waals surface area (Å²) >= 11 is 4.60. The van der Waals surface area contributed by atoms with E-state index >= 15 is 0 Å². The first-order valence-electron chi connectivity index (χ1n) is 11.8. The summed E-state index contributed by atoms with van der Waals surface area (Å²) in [6, 6.07) is 20.8. The number of aromatic hydroxyl groups is 1. The highest BCUT2D eigenvalue weighted by Gasteiger charge is 2.19. The fraction of sp³-hybridized carbons (Fsp3) is 0.214. The molecule has 0 saturated heterocycles. The number of aromatic nitrogens is 3. The lowest BCUT2D eigenvalue weighted by atomic mass is 9.87. The summed E-state index contributed by atoms with van der Waals surface area (Å²) in [4.78, 5) is 12.5. The van der Waals surface area contributed by atoms with Crippen molar-refractivity contribution in [3.05, 3.63) is 82.3 Å². The van der Waals surface area contributed by atoms with Crippen molar-refractivity contribution in [2.24, 2.45) is 5.10 Å². The maximum Gasteiger partial charge on any atom is 0.250 e. The van der Waals surface area contributed by atoms with Gasteiger partial charge in [-0.3, -0.25) is 9.36 Å². The molecule has 196 valence electrons. The highest BCUT2D eigenvalue weighted by atomic mass is 79.9. The predicted octanol–water partition coefficient (Wildman–Crippen LogP) is 5.95. The Balaban J connectivity index is 1.55. The van der Waals surface area contributed by atoms with E-state index in [1.165, 1.54) is 23.5 Å². The van der Waals surface area contributed by atoms with Crippen molar-refractivity contribution in [3.63, 3.8) is 0 Å². The third kappa shape index (κ3) is 6.62. The molecule has 1 amide bonds. The number of nitrogens with zero attached hydrogens (tertiary/aromatic N) is 4. The second-order valence-electron chi connectivity index (χ2n) is 9.45. The van der Waals surface area contributed by atoms with Crippen LogP contribution in [0.25, 0.3) is 17.1 Å². The summed E-state index contributed by atoms with van der Waals surface area (Å²) in [7, 11) is 1.62. The van der Waals surface area contributed by atoms with Crippen LogP contribution in [0.15, 0.2) is 81.5 Å². The number of carbonyl (C=O) groups is 1. The van der Waals surface area contributed by atoms with E-state index in [-0.39, 0.29) is 22.8 Å². The number of nitrogens with one attached hydrogen (secondary N) is 1. The molecule has 0 aliphatic carbocycles. The Hall–Kier alpha value is -3.63. The van der Waals surface area contributed by atoms with E-state index in [1.807, 2.05) is 41.0 Å². The average molecular weight is 595 g/mol. The molecule has 38 heavy (non-hydrogen) atoms. The first kappa shape index (κ1) is 27.4. The minimum atomic E-state index is -0.318. The van der Waals surface area contributed by atoms with E-state index in [2.05, 4.69) is 69.6 Å². The lowest BCUT2D eigenvalue weighted by Gasteiger charge is -2.19. The third-order valence-corrected chi connectivity index (χ3v) is 7.11. The number of halogens is 1. The minimum Gasteiger partial charge on any atom is -0.507 e. The summed E-state index contributed by atoms with van der Waals surface area (Å²) in [5.41, 5.74) is 5.99. The summed E-state index contributed by atoms with van der Waals surface area (Å²) in [5, 5.41) is 23.3. The third-order valence-electron chi connectivity index (χ3n) is 5.69. The molecule has 8 nitrogen and oxygen atoms in total. The van der Waals surface area contributed by atoms with Gasteiger partial charge in [-0.25, -0.2) is 5.43 Å². The minimum absolute atomic E-state index is 0.0365. The van der Waals surface area contributed by atoms with Crippen LogP contribution in [0, 0.1) is 0 Å². The number of phenolic OH excluding ortho intramolecular Hbond substituents is 1. The monoisotopic (exact) mass is 593 g/mol. The van der Waals surface area contributed by atoms with Crippen LogP contribution < -0.4 is 10.2 Å². The summed E-state index contributed by atoms with van der Waals surface area (Å²) in [6.07, 6.45) is 1.39. The number of hydrazone groups is 1. The van der Waals surface area contributed by atoms with Crippen molar-refractivity contribution in [1.29, 1.82) is 0 Å². The number of carbonyl (C=O) groups excluding carboxylic acids is 1. The maximum atomic E-state index is 12.5. The molecule has 0 atom stereocenters. The average Bonchev–Trinajstić information content (AvgIpc) is 3.33. The summed E-state index contributed by atoms with van der Waals surface area (Å²) in [6.45, 7) is 6.52. The van der Waals surface area contributed by atoms with Crippen molar-refractivity contribution in [2.45, 2.75) is 31.3 Å². The zero-order valence-corrected chi connectivity index (χ0v) is 23.9. The van der Waals surface area contributed by atoms with Gasteiger partial charge in [0.1, 0.15) is 11.5 Å². The standard InChI is InChI=1S/C28H28BrN5O3S/c1-28(2,3)20-7-5-18(6-8-20)26-32-33-27(34(26)22-10-12-23(37-4)13-11-22)38-17-25(36)31-30-16-19-15-21(29)9-14-24(19)35/h5-16,35H,17H2,1-4H3,(H,31,36)/b30-16+. The quantitative estimate of drug-likeness (QED) is 0.149. The number of hydrogen-bond acceptors (Lipinski definition) is 7. The Morgan fingerprint density at radius 3 is 2.47 bits per heavy atom. The van der Waals surface area contributed by atoms with Gasteiger partial charge in [-0.2, -0.15) is 5.10 Å². The fourth-order valence-electron chi connectivity index (χ4n) is 3.60. The molecule has 0 aliphatic rings. The molecule has 10 heteroatoms. The van der Waals surface area contributed by atoms with E-state index in [9.17, 15) is 9.90 Å². The second-order valence-corrected chi connectivity index (χ2v) is 11.3. The van der Waals surface area contributed by atoms with Crippen molar-refractivity contribution in [2.75, 3.05) is 12.9 Å². The van der Waals surface area contributed by atoms with Gasteiger partial charge in [0.05, 0.1) is 19.1 Å². The molecule has 4 aromatic rings. The van der Waals surface area contributed by atoms with Gasteiger partial charge in [0, 0.05) is 21.3 Å². The van der Waals surface area contributed by atoms with E-state index in [0.717, 1.165) is 21.5 Å². The molecule has 0 aliphatic heterocycles. The van der Waals surface area contributed by atoms with Gasteiger partial charge in [-0.05, 0) is 53.4 Å². The SMILES string of the molecule is COc1ccc(-n2c(SCC(=O)N/N=C/c3cc(Br)ccc3O)nnc2-c2ccc(C(C)(C)C)cc2)cc1. The molecule has 0 bridgehead atoms. The molecule has 0 saturated carbocycles. The normalized spacial score (nSPS) is 11.6. The van der Waals surface area contributed by atoms with Gasteiger partial charge in [-0.15, -0.1) is 10.2 Å². The highest BCUT2D eigenvalue weighted by Crippen LogP contribution is 2.31. The van der Waals surface area contributed by atoms with Crippen LogP contribution in [0.1, 0.15) is 31.9 Å². The van der Waals surface area contributed by atoms with Crippen molar-refractivity contribution < 1.29 is 14.6 Å². The lowest BCUT2D eigenvalue weighted by Crippen LogP contribution is -2.20. The molecule has 0 fully saturated rings. The molecule has 2 N–H and O–H groups in total. The van der Waals surface area contributed by atoms with E-state index < -0.39 is 0 Å². The Labute approximate surface area is 234 Å². The molecular formula is C28H28BrN5O3S. The molecule has 1 heterocycles. The number of amides is 1. The van der Waals surface area contributed by atoms with Crippen LogP contribution in [-0.2, 0) is 10.2 Å². The molecule has 0 unspecified atom stereocenters. The number of rotatable bonds is 8. The van der Waals surface area contributed by atoms with Crippen LogP contribution >= 0.6 is 27.7 Å². The number of hydrogen-bond donors (Lipinski definition) is 2. The van der Waals surface area contributed by atoms with Crippen molar-refractivity contribution in [3.8, 4) is 28.6 Å². The number of thioether (sulfide) groups is 1. The maximum absolute atomic E-state index is 12.5. The van der Waals surface area contributed by atoms with Gasteiger partial charge in [0.25, 0.3) is 5.91 Å². The van der Waals surface area contributed by atoms with E-state index in [0.29, 0.717) is 16.5 Å². The summed E-state index contributed by atoms with van der Waals surface area (Å²) < 4.78 is 8.02. The van der Waals surface area contributed by atoms with Gasteiger partial charge >= 0.3 is 0 Å². The first-order chi connectivity index (χ1) is 18.2. The molecule has 0 spiro atoms. The first-order valence-corrected chi connectivity index (χ1v) is 13.6. The van der Waals surface area contributed by atoms with Gasteiger partial charge in [0.2, 0.25) is 0 Å². The van der Waals surface area contributed by atoms with Gasteiger partial charge in [0.15, 0.2) is 11.0 Å². The zero-order valence-electron chi connectivity index (χ0n) is 21.5.